The lowest BCUT2D eigenvalue weighted by molar-refractivity contribution is -0.119. The summed E-state index contributed by atoms with van der Waals surface area (Å²) in [7, 11) is 0. The van der Waals surface area contributed by atoms with Gasteiger partial charge >= 0.3 is 0 Å². The Bertz CT molecular complexity index is 1040. The number of nitrogens with one attached hydrogen (secondary N) is 1. The first-order valence-electron chi connectivity index (χ1n) is 8.67. The van der Waals surface area contributed by atoms with E-state index < -0.39 is 0 Å². The zero-order valence-corrected chi connectivity index (χ0v) is 15.5. The van der Waals surface area contributed by atoms with Crippen molar-refractivity contribution in [1.29, 1.82) is 0 Å². The van der Waals surface area contributed by atoms with Gasteiger partial charge < -0.3 is 10.1 Å². The van der Waals surface area contributed by atoms with Crippen LogP contribution in [0.15, 0.2) is 66.9 Å². The number of carbonyl (C=O) groups is 2. The van der Waals surface area contributed by atoms with Gasteiger partial charge in [0.15, 0.2) is 5.75 Å². The molecule has 3 aromatic rings. The number of fused-ring (bicyclic) bond motifs is 2. The minimum absolute atomic E-state index is 0.170. The lowest BCUT2D eigenvalue weighted by atomic mass is 10.2. The van der Waals surface area contributed by atoms with E-state index in [4.69, 9.17) is 16.3 Å². The quantitative estimate of drug-likeness (QED) is 0.731. The molecule has 0 fully saturated rings. The Morgan fingerprint density at radius 1 is 1.11 bits per heavy atom. The van der Waals surface area contributed by atoms with E-state index in [0.29, 0.717) is 23.0 Å². The van der Waals surface area contributed by atoms with Gasteiger partial charge in [-0.1, -0.05) is 41.9 Å². The highest BCUT2D eigenvalue weighted by atomic mass is 35.5. The molecular formula is C21H16ClN3O3. The Morgan fingerprint density at radius 3 is 2.75 bits per heavy atom. The third kappa shape index (κ3) is 3.68. The van der Waals surface area contributed by atoms with Crippen molar-refractivity contribution >= 4 is 29.1 Å². The summed E-state index contributed by atoms with van der Waals surface area (Å²) in [6, 6.07) is 17.7. The SMILES string of the molecule is O=C(CN1C(=O)c2cccnc2Oc2ccc(Cl)cc21)NCc1ccccc1. The molecule has 0 aliphatic carbocycles. The van der Waals surface area contributed by atoms with Crippen LogP contribution in [0.3, 0.4) is 0 Å². The number of hydrogen-bond donors (Lipinski definition) is 1. The molecule has 6 nitrogen and oxygen atoms in total. The summed E-state index contributed by atoms with van der Waals surface area (Å²) in [5, 5.41) is 3.27. The van der Waals surface area contributed by atoms with Gasteiger partial charge in [0.2, 0.25) is 11.8 Å². The van der Waals surface area contributed by atoms with Crippen molar-refractivity contribution in [3.8, 4) is 11.6 Å². The molecule has 2 aromatic carbocycles. The Kier molecular flexibility index (Phi) is 4.95. The average Bonchev–Trinajstić information content (AvgIpc) is 2.83. The van der Waals surface area contributed by atoms with Crippen LogP contribution in [0.5, 0.6) is 11.6 Å². The van der Waals surface area contributed by atoms with Crippen LogP contribution in [-0.4, -0.2) is 23.3 Å². The van der Waals surface area contributed by atoms with Gasteiger partial charge in [0, 0.05) is 17.8 Å². The maximum Gasteiger partial charge on any atom is 0.264 e. The fourth-order valence-electron chi connectivity index (χ4n) is 2.93. The van der Waals surface area contributed by atoms with Gasteiger partial charge in [-0.3, -0.25) is 14.5 Å². The number of carbonyl (C=O) groups excluding carboxylic acids is 2. The second-order valence-corrected chi connectivity index (χ2v) is 6.66. The van der Waals surface area contributed by atoms with Crippen molar-refractivity contribution in [3.05, 3.63) is 83.0 Å². The second kappa shape index (κ2) is 7.70. The molecule has 7 heteroatoms. The van der Waals surface area contributed by atoms with Gasteiger partial charge in [-0.2, -0.15) is 0 Å². The van der Waals surface area contributed by atoms with Crippen molar-refractivity contribution in [2.75, 3.05) is 11.4 Å². The predicted molar refractivity (Wildman–Crippen MR) is 106 cm³/mol. The smallest absolute Gasteiger partial charge is 0.264 e. The van der Waals surface area contributed by atoms with E-state index >= 15 is 0 Å². The monoisotopic (exact) mass is 393 g/mol. The Morgan fingerprint density at radius 2 is 1.93 bits per heavy atom. The van der Waals surface area contributed by atoms with Crippen molar-refractivity contribution in [2.45, 2.75) is 6.54 Å². The molecule has 140 valence electrons. The number of nitrogens with zero attached hydrogens (tertiary/aromatic N) is 2. The van der Waals surface area contributed by atoms with Crippen LogP contribution in [0.4, 0.5) is 5.69 Å². The number of amides is 2. The standard InChI is InChI=1S/C21H16ClN3O3/c22-15-8-9-18-17(11-15)25(21(27)16-7-4-10-23-20(16)28-18)13-19(26)24-12-14-5-2-1-3-6-14/h1-11H,12-13H2,(H,24,26). The summed E-state index contributed by atoms with van der Waals surface area (Å²) < 4.78 is 5.80. The zero-order chi connectivity index (χ0) is 19.5. The number of pyridine rings is 1. The van der Waals surface area contributed by atoms with E-state index in [1.165, 1.54) is 4.90 Å². The van der Waals surface area contributed by atoms with Gasteiger partial charge in [0.25, 0.3) is 5.91 Å². The minimum atomic E-state index is -0.376. The van der Waals surface area contributed by atoms with E-state index in [2.05, 4.69) is 10.3 Å². The van der Waals surface area contributed by atoms with Gasteiger partial charge in [0.05, 0.1) is 5.69 Å². The first-order chi connectivity index (χ1) is 13.6. The summed E-state index contributed by atoms with van der Waals surface area (Å²) in [5.74, 6) is -0.0660. The van der Waals surface area contributed by atoms with Crippen LogP contribution in [0, 0.1) is 0 Å². The molecule has 0 bridgehead atoms. The molecule has 0 saturated heterocycles. The molecule has 2 heterocycles. The maximum atomic E-state index is 13.1. The predicted octanol–water partition coefficient (Wildman–Crippen LogP) is 3.80. The summed E-state index contributed by atoms with van der Waals surface area (Å²) in [5.41, 5.74) is 1.68. The molecule has 0 unspecified atom stereocenters. The van der Waals surface area contributed by atoms with Crippen molar-refractivity contribution in [1.82, 2.24) is 10.3 Å². The molecule has 1 aliphatic heterocycles. The summed E-state index contributed by atoms with van der Waals surface area (Å²) in [6.45, 7) is 0.204. The van der Waals surface area contributed by atoms with E-state index in [9.17, 15) is 9.59 Å². The number of halogens is 1. The number of hydrogen-bond acceptors (Lipinski definition) is 4. The molecule has 2 amide bonds. The largest absolute Gasteiger partial charge is 0.436 e. The van der Waals surface area contributed by atoms with E-state index in [1.54, 1.807) is 36.5 Å². The highest BCUT2D eigenvalue weighted by molar-refractivity contribution is 6.31. The highest BCUT2D eigenvalue weighted by Crippen LogP contribution is 2.39. The lowest BCUT2D eigenvalue weighted by Crippen LogP contribution is -2.40. The molecule has 1 N–H and O–H groups in total. The lowest BCUT2D eigenvalue weighted by Gasteiger charge is -2.21. The molecule has 0 atom stereocenters. The Labute approximate surface area is 166 Å². The van der Waals surface area contributed by atoms with Crippen LogP contribution in [0.25, 0.3) is 0 Å². The van der Waals surface area contributed by atoms with Gasteiger partial charge in [-0.25, -0.2) is 4.98 Å². The van der Waals surface area contributed by atoms with Crippen molar-refractivity contribution < 1.29 is 14.3 Å². The van der Waals surface area contributed by atoms with Crippen molar-refractivity contribution in [3.63, 3.8) is 0 Å². The molecule has 0 spiro atoms. The van der Waals surface area contributed by atoms with E-state index in [-0.39, 0.29) is 29.8 Å². The third-order valence-corrected chi connectivity index (χ3v) is 4.53. The van der Waals surface area contributed by atoms with Gasteiger partial charge in [-0.15, -0.1) is 0 Å². The third-order valence-electron chi connectivity index (χ3n) is 4.30. The van der Waals surface area contributed by atoms with Crippen LogP contribution in [0.1, 0.15) is 15.9 Å². The zero-order valence-electron chi connectivity index (χ0n) is 14.8. The number of benzene rings is 2. The number of rotatable bonds is 4. The van der Waals surface area contributed by atoms with Gasteiger partial charge in [-0.05, 0) is 35.9 Å². The Balaban J connectivity index is 1.62. The average molecular weight is 394 g/mol. The van der Waals surface area contributed by atoms with E-state index in [1.807, 2.05) is 30.3 Å². The first-order valence-corrected chi connectivity index (χ1v) is 9.04. The fraction of sp³-hybridized carbons (Fsp3) is 0.0952. The molecule has 28 heavy (non-hydrogen) atoms. The normalized spacial score (nSPS) is 12.5. The summed E-state index contributed by atoms with van der Waals surface area (Å²) in [4.78, 5) is 31.2. The summed E-state index contributed by atoms with van der Waals surface area (Å²) in [6.07, 6.45) is 1.55. The molecule has 0 saturated carbocycles. The maximum absolute atomic E-state index is 13.1. The fourth-order valence-corrected chi connectivity index (χ4v) is 3.10. The first kappa shape index (κ1) is 18.0. The van der Waals surface area contributed by atoms with E-state index in [0.717, 1.165) is 5.56 Å². The summed E-state index contributed by atoms with van der Waals surface area (Å²) >= 11 is 6.12. The second-order valence-electron chi connectivity index (χ2n) is 6.22. The number of anilines is 1. The molecule has 4 rings (SSSR count). The molecule has 1 aliphatic rings. The van der Waals surface area contributed by atoms with Crippen LogP contribution < -0.4 is 15.0 Å². The highest BCUT2D eigenvalue weighted by Gasteiger charge is 2.30. The van der Waals surface area contributed by atoms with Gasteiger partial charge in [0.1, 0.15) is 12.1 Å². The molecule has 1 aromatic heterocycles. The van der Waals surface area contributed by atoms with Crippen LogP contribution in [0.2, 0.25) is 5.02 Å². The van der Waals surface area contributed by atoms with Crippen LogP contribution in [-0.2, 0) is 11.3 Å². The molecule has 0 radical (unpaired) electrons. The topological polar surface area (TPSA) is 71.5 Å². The number of aromatic nitrogens is 1. The number of ether oxygens (including phenoxy) is 1. The van der Waals surface area contributed by atoms with Crippen molar-refractivity contribution in [2.24, 2.45) is 0 Å². The minimum Gasteiger partial charge on any atom is -0.436 e. The Hall–Kier alpha value is -3.38. The molecular weight excluding hydrogens is 378 g/mol. The van der Waals surface area contributed by atoms with Crippen LogP contribution >= 0.6 is 11.6 Å².